The maximum atomic E-state index is 12.7. The number of likely N-dealkylation sites (N-methyl/N-ethyl adjacent to an activating group) is 1. The minimum absolute atomic E-state index is 0.0696. The lowest BCUT2D eigenvalue weighted by Crippen LogP contribution is -2.46. The van der Waals surface area contributed by atoms with E-state index in [-0.39, 0.29) is 19.1 Å². The van der Waals surface area contributed by atoms with Gasteiger partial charge in [0, 0.05) is 6.42 Å². The van der Waals surface area contributed by atoms with Gasteiger partial charge in [0.2, 0.25) is 5.91 Å². The number of aliphatic hydroxyl groups is 1. The highest BCUT2D eigenvalue weighted by Gasteiger charge is 2.28. The molecule has 1 amide bonds. The first-order chi connectivity index (χ1) is 31.0. The molecule has 64 heavy (non-hydrogen) atoms. The average Bonchev–Trinajstić information content (AvgIpc) is 3.25. The van der Waals surface area contributed by atoms with Crippen molar-refractivity contribution in [2.45, 2.75) is 206 Å². The van der Waals surface area contributed by atoms with Crippen LogP contribution < -0.4 is 5.32 Å². The molecule has 0 bridgehead atoms. The Hall–Kier alpha value is -2.58. The molecule has 0 saturated carbocycles. The molecule has 9 heteroatoms. The van der Waals surface area contributed by atoms with Gasteiger partial charge in [-0.2, -0.15) is 0 Å². The summed E-state index contributed by atoms with van der Waals surface area (Å²) >= 11 is 0. The number of unbranched alkanes of at least 4 members (excludes halogenated alkanes) is 16. The first-order valence-electron chi connectivity index (χ1n) is 25.6. The SMILES string of the molecule is CC/C=C\C/C=C\C/C=C\C/C=C\C/C=C\C/C=C\C/C=C\C/C=C\CCCCCCCCCCCCCCCCC(=O)NC(COP(=O)(O)OCC[N+](C)(C)C)C(O)CCCCC. The van der Waals surface area contributed by atoms with Crippen LogP contribution in [0.2, 0.25) is 0 Å². The molecule has 0 aromatic rings. The molecule has 0 aliphatic rings. The number of nitrogens with one attached hydrogen (secondary N) is 1. The molecule has 0 spiro atoms. The van der Waals surface area contributed by atoms with Gasteiger partial charge in [-0.05, 0) is 77.0 Å². The van der Waals surface area contributed by atoms with Crippen molar-refractivity contribution in [1.82, 2.24) is 5.32 Å². The summed E-state index contributed by atoms with van der Waals surface area (Å²) in [5, 5.41) is 13.6. The summed E-state index contributed by atoms with van der Waals surface area (Å²) in [5.41, 5.74) is 0. The second kappa shape index (κ2) is 45.6. The molecule has 8 nitrogen and oxygen atoms in total. The van der Waals surface area contributed by atoms with Gasteiger partial charge in [-0.3, -0.25) is 13.8 Å². The molecule has 0 radical (unpaired) electrons. The van der Waals surface area contributed by atoms with Crippen LogP contribution in [0, 0.1) is 0 Å². The minimum atomic E-state index is -4.30. The molecular weight excluding hydrogens is 816 g/mol. The Kier molecular flexibility index (Phi) is 43.7. The number of nitrogens with zero attached hydrogens (tertiary/aromatic N) is 1. The van der Waals surface area contributed by atoms with E-state index in [1.807, 2.05) is 21.1 Å². The Labute approximate surface area is 394 Å². The third-order valence-corrected chi connectivity index (χ3v) is 11.8. The van der Waals surface area contributed by atoms with Crippen molar-refractivity contribution in [1.29, 1.82) is 0 Å². The molecular formula is C55H98N2O6P+. The van der Waals surface area contributed by atoms with Crippen molar-refractivity contribution in [3.05, 3.63) is 97.2 Å². The fraction of sp³-hybridized carbons (Fsp3) is 0.691. The van der Waals surface area contributed by atoms with E-state index >= 15 is 0 Å². The van der Waals surface area contributed by atoms with E-state index in [1.54, 1.807) is 0 Å². The highest BCUT2D eigenvalue weighted by molar-refractivity contribution is 7.47. The van der Waals surface area contributed by atoms with Gasteiger partial charge in [-0.1, -0.05) is 207 Å². The lowest BCUT2D eigenvalue weighted by molar-refractivity contribution is -0.870. The molecule has 3 atom stereocenters. The van der Waals surface area contributed by atoms with Crippen LogP contribution in [0.1, 0.15) is 194 Å². The summed E-state index contributed by atoms with van der Waals surface area (Å²) in [6, 6.07) is -0.760. The Morgan fingerprint density at radius 3 is 1.34 bits per heavy atom. The number of hydrogen-bond acceptors (Lipinski definition) is 5. The first kappa shape index (κ1) is 61.4. The predicted octanol–water partition coefficient (Wildman–Crippen LogP) is 15.1. The largest absolute Gasteiger partial charge is 0.472 e. The highest BCUT2D eigenvalue weighted by atomic mass is 31.2. The number of hydrogen-bond donors (Lipinski definition) is 3. The summed E-state index contributed by atoms with van der Waals surface area (Å²) < 4.78 is 23.3. The standard InChI is InChI=1S/C55H97N2O6P/c1-6-8-10-11-12-13-14-15-16-17-18-19-20-21-22-23-24-25-26-27-28-29-30-31-32-33-34-35-36-37-38-39-40-41-42-43-44-45-47-49-55(59)56-53(54(58)48-46-9-7-2)52-63-64(60,61)62-51-50-57(3,4)5/h8,10,12-13,15-16,18-19,21-22,24-25,27-28,30-31,53-54,58H,6-7,9,11,14,17,20,23,26,29,32-52H2,1-5H3,(H-,56,59,60,61)/p+1/b10-8-,13-12-,16-15-,19-18-,22-21-,25-24-,28-27-,31-30-. The molecule has 3 unspecified atom stereocenters. The molecule has 0 saturated heterocycles. The molecule has 0 aromatic carbocycles. The van der Waals surface area contributed by atoms with Gasteiger partial charge in [0.25, 0.3) is 0 Å². The normalized spacial score (nSPS) is 14.9. The number of phosphoric acid groups is 1. The van der Waals surface area contributed by atoms with Crippen LogP contribution in [0.25, 0.3) is 0 Å². The van der Waals surface area contributed by atoms with Crippen molar-refractivity contribution in [3.63, 3.8) is 0 Å². The van der Waals surface area contributed by atoms with Crippen molar-refractivity contribution in [2.24, 2.45) is 0 Å². The van der Waals surface area contributed by atoms with Gasteiger partial charge in [-0.25, -0.2) is 4.57 Å². The van der Waals surface area contributed by atoms with E-state index in [0.29, 0.717) is 23.9 Å². The lowest BCUT2D eigenvalue weighted by Gasteiger charge is -2.26. The monoisotopic (exact) mass is 914 g/mol. The summed E-state index contributed by atoms with van der Waals surface area (Å²) in [6.45, 7) is 4.59. The quantitative estimate of drug-likeness (QED) is 0.0243. The molecule has 0 aliphatic carbocycles. The van der Waals surface area contributed by atoms with Crippen LogP contribution in [-0.2, 0) is 18.4 Å². The number of allylic oxidation sites excluding steroid dienone is 16. The molecule has 0 fully saturated rings. The van der Waals surface area contributed by atoms with Crippen molar-refractivity contribution >= 4 is 13.7 Å². The van der Waals surface area contributed by atoms with E-state index in [0.717, 1.165) is 89.9 Å². The Balaban J connectivity index is 3.77. The first-order valence-corrected chi connectivity index (χ1v) is 27.1. The third kappa shape index (κ3) is 47.4. The van der Waals surface area contributed by atoms with Crippen LogP contribution in [0.3, 0.4) is 0 Å². The molecule has 3 N–H and O–H groups in total. The molecule has 0 aromatic heterocycles. The fourth-order valence-electron chi connectivity index (χ4n) is 6.83. The minimum Gasteiger partial charge on any atom is -0.391 e. The number of aliphatic hydroxyl groups excluding tert-OH is 1. The van der Waals surface area contributed by atoms with Gasteiger partial charge < -0.3 is 19.8 Å². The van der Waals surface area contributed by atoms with Crippen molar-refractivity contribution < 1.29 is 32.9 Å². The third-order valence-electron chi connectivity index (χ3n) is 10.8. The van der Waals surface area contributed by atoms with E-state index < -0.39 is 20.0 Å². The smallest absolute Gasteiger partial charge is 0.391 e. The Bertz CT molecular complexity index is 1360. The summed E-state index contributed by atoms with van der Waals surface area (Å²) in [6.07, 6.45) is 65.6. The fourth-order valence-corrected chi connectivity index (χ4v) is 7.56. The zero-order valence-electron chi connectivity index (χ0n) is 41.7. The van der Waals surface area contributed by atoms with Gasteiger partial charge in [0.15, 0.2) is 0 Å². The van der Waals surface area contributed by atoms with E-state index in [1.165, 1.54) is 77.0 Å². The summed E-state index contributed by atoms with van der Waals surface area (Å²) in [7, 11) is 1.60. The summed E-state index contributed by atoms with van der Waals surface area (Å²) in [4.78, 5) is 22.9. The van der Waals surface area contributed by atoms with Gasteiger partial charge in [0.1, 0.15) is 13.2 Å². The number of carbonyl (C=O) groups is 1. The van der Waals surface area contributed by atoms with Crippen molar-refractivity contribution in [3.8, 4) is 0 Å². The number of rotatable bonds is 45. The Morgan fingerprint density at radius 2 is 0.938 bits per heavy atom. The number of phosphoric ester groups is 1. The van der Waals surface area contributed by atoms with E-state index in [9.17, 15) is 19.4 Å². The zero-order valence-corrected chi connectivity index (χ0v) is 42.6. The molecule has 0 rings (SSSR count). The van der Waals surface area contributed by atoms with E-state index in [4.69, 9.17) is 9.05 Å². The van der Waals surface area contributed by atoms with Crippen LogP contribution >= 0.6 is 7.82 Å². The maximum Gasteiger partial charge on any atom is 0.472 e. The van der Waals surface area contributed by atoms with Crippen LogP contribution in [-0.4, -0.2) is 73.4 Å². The van der Waals surface area contributed by atoms with Gasteiger partial charge >= 0.3 is 7.82 Å². The van der Waals surface area contributed by atoms with E-state index in [2.05, 4.69) is 116 Å². The second-order valence-corrected chi connectivity index (χ2v) is 19.6. The van der Waals surface area contributed by atoms with Crippen LogP contribution in [0.15, 0.2) is 97.2 Å². The van der Waals surface area contributed by atoms with Gasteiger partial charge in [0.05, 0.1) is 39.9 Å². The zero-order chi connectivity index (χ0) is 47.1. The maximum absolute atomic E-state index is 12.7. The number of quaternary nitrogens is 1. The molecule has 0 aliphatic heterocycles. The predicted molar refractivity (Wildman–Crippen MR) is 276 cm³/mol. The topological polar surface area (TPSA) is 105 Å². The second-order valence-electron chi connectivity index (χ2n) is 18.2. The van der Waals surface area contributed by atoms with Crippen molar-refractivity contribution in [2.75, 3.05) is 40.9 Å². The summed E-state index contributed by atoms with van der Waals surface area (Å²) in [5.74, 6) is -0.161. The highest BCUT2D eigenvalue weighted by Crippen LogP contribution is 2.43. The van der Waals surface area contributed by atoms with Gasteiger partial charge in [-0.15, -0.1) is 0 Å². The lowest BCUT2D eigenvalue weighted by atomic mass is 10.0. The average molecular weight is 914 g/mol. The number of carbonyl (C=O) groups excluding carboxylic acids is 1. The van der Waals surface area contributed by atoms with Crippen LogP contribution in [0.5, 0.6) is 0 Å². The van der Waals surface area contributed by atoms with Crippen LogP contribution in [0.4, 0.5) is 0 Å². The molecule has 0 heterocycles. The molecule has 368 valence electrons. The number of amides is 1. The Morgan fingerprint density at radius 1 is 0.547 bits per heavy atom.